The lowest BCUT2D eigenvalue weighted by Crippen LogP contribution is -2.38. The molecule has 0 bridgehead atoms. The Labute approximate surface area is 126 Å². The number of rotatable bonds is 9. The third-order valence-corrected chi connectivity index (χ3v) is 4.00. The molecule has 1 rings (SSSR count). The number of esters is 2. The minimum atomic E-state index is -1.08. The second-order valence-corrected chi connectivity index (χ2v) is 5.65. The first-order valence-electron chi connectivity index (χ1n) is 7.87. The predicted octanol–water partition coefficient (Wildman–Crippen LogP) is 2.80. The molecule has 5 heteroatoms. The van der Waals surface area contributed by atoms with Gasteiger partial charge < -0.3 is 9.47 Å². The number of ketones is 1. The Kier molecular flexibility index (Phi) is 7.40. The molecule has 1 saturated carbocycles. The highest BCUT2D eigenvalue weighted by Gasteiger charge is 2.49. The van der Waals surface area contributed by atoms with Gasteiger partial charge in [0.15, 0.2) is 0 Å². The van der Waals surface area contributed by atoms with Crippen LogP contribution in [0, 0.1) is 5.41 Å². The highest BCUT2D eigenvalue weighted by atomic mass is 16.5. The van der Waals surface area contributed by atoms with Crippen LogP contribution in [-0.2, 0) is 23.9 Å². The van der Waals surface area contributed by atoms with Crippen LogP contribution in [0.25, 0.3) is 0 Å². The fourth-order valence-electron chi connectivity index (χ4n) is 2.71. The molecular formula is C16H26O5. The van der Waals surface area contributed by atoms with Crippen LogP contribution in [0.2, 0.25) is 0 Å². The van der Waals surface area contributed by atoms with Crippen LogP contribution in [0.1, 0.15) is 65.2 Å². The standard InChI is InChI=1S/C16H26O5/c1-3-4-5-6-11-21-15(19)16(9-7-8-14(16)18)10-12-20-13(2)17/h3-12H2,1-2H3. The van der Waals surface area contributed by atoms with Crippen molar-refractivity contribution in [3.63, 3.8) is 0 Å². The Morgan fingerprint density at radius 1 is 1.14 bits per heavy atom. The Morgan fingerprint density at radius 2 is 1.90 bits per heavy atom. The summed E-state index contributed by atoms with van der Waals surface area (Å²) in [6.45, 7) is 3.88. The van der Waals surface area contributed by atoms with Gasteiger partial charge in [0.2, 0.25) is 0 Å². The van der Waals surface area contributed by atoms with Crippen molar-refractivity contribution in [3.05, 3.63) is 0 Å². The van der Waals surface area contributed by atoms with Crippen molar-refractivity contribution >= 4 is 17.7 Å². The zero-order valence-corrected chi connectivity index (χ0v) is 13.1. The van der Waals surface area contributed by atoms with E-state index >= 15 is 0 Å². The van der Waals surface area contributed by atoms with Gasteiger partial charge in [-0.15, -0.1) is 0 Å². The van der Waals surface area contributed by atoms with Gasteiger partial charge in [0.25, 0.3) is 0 Å². The van der Waals surface area contributed by atoms with Gasteiger partial charge in [-0.3, -0.25) is 14.4 Å². The maximum atomic E-state index is 12.3. The number of hydrogen-bond donors (Lipinski definition) is 0. The topological polar surface area (TPSA) is 69.7 Å². The van der Waals surface area contributed by atoms with Crippen LogP contribution >= 0.6 is 0 Å². The summed E-state index contributed by atoms with van der Waals surface area (Å²) in [4.78, 5) is 35.2. The fourth-order valence-corrected chi connectivity index (χ4v) is 2.71. The molecule has 1 unspecified atom stereocenters. The maximum absolute atomic E-state index is 12.3. The van der Waals surface area contributed by atoms with Crippen molar-refractivity contribution in [1.82, 2.24) is 0 Å². The van der Waals surface area contributed by atoms with E-state index in [0.717, 1.165) is 25.7 Å². The Morgan fingerprint density at radius 3 is 2.48 bits per heavy atom. The molecule has 1 atom stereocenters. The number of Topliss-reactive ketones (excluding diaryl/α,β-unsaturated/α-hetero) is 1. The van der Waals surface area contributed by atoms with E-state index in [1.54, 1.807) is 0 Å². The lowest BCUT2D eigenvalue weighted by atomic mass is 9.82. The van der Waals surface area contributed by atoms with E-state index in [1.165, 1.54) is 6.92 Å². The lowest BCUT2D eigenvalue weighted by Gasteiger charge is -2.24. The van der Waals surface area contributed by atoms with E-state index in [2.05, 4.69) is 6.92 Å². The number of carbonyl (C=O) groups is 3. The van der Waals surface area contributed by atoms with Crippen molar-refractivity contribution in [2.24, 2.45) is 5.41 Å². The van der Waals surface area contributed by atoms with Gasteiger partial charge in [0, 0.05) is 19.8 Å². The summed E-state index contributed by atoms with van der Waals surface area (Å²) in [5, 5.41) is 0. The molecule has 120 valence electrons. The van der Waals surface area contributed by atoms with Crippen molar-refractivity contribution < 1.29 is 23.9 Å². The van der Waals surface area contributed by atoms with E-state index in [1.807, 2.05) is 0 Å². The quantitative estimate of drug-likeness (QED) is 0.372. The highest BCUT2D eigenvalue weighted by molar-refractivity contribution is 6.05. The molecule has 5 nitrogen and oxygen atoms in total. The Hall–Kier alpha value is -1.39. The summed E-state index contributed by atoms with van der Waals surface area (Å²) in [5.41, 5.74) is -1.08. The zero-order chi connectivity index (χ0) is 15.7. The van der Waals surface area contributed by atoms with Crippen LogP contribution in [0.15, 0.2) is 0 Å². The van der Waals surface area contributed by atoms with Crippen LogP contribution in [0.3, 0.4) is 0 Å². The van der Waals surface area contributed by atoms with Crippen molar-refractivity contribution in [1.29, 1.82) is 0 Å². The molecule has 0 spiro atoms. The van der Waals surface area contributed by atoms with Gasteiger partial charge in [-0.05, 0) is 19.3 Å². The van der Waals surface area contributed by atoms with E-state index in [4.69, 9.17) is 9.47 Å². The summed E-state index contributed by atoms with van der Waals surface area (Å²) in [7, 11) is 0. The van der Waals surface area contributed by atoms with E-state index in [-0.39, 0.29) is 18.8 Å². The molecule has 0 aromatic carbocycles. The summed E-state index contributed by atoms with van der Waals surface area (Å²) >= 11 is 0. The summed E-state index contributed by atoms with van der Waals surface area (Å²) < 4.78 is 10.2. The second kappa shape index (κ2) is 8.80. The summed E-state index contributed by atoms with van der Waals surface area (Å²) in [6, 6.07) is 0. The third-order valence-electron chi connectivity index (χ3n) is 4.00. The van der Waals surface area contributed by atoms with Crippen LogP contribution in [0.4, 0.5) is 0 Å². The molecule has 0 saturated heterocycles. The lowest BCUT2D eigenvalue weighted by molar-refractivity contribution is -0.162. The van der Waals surface area contributed by atoms with Crippen LogP contribution in [0.5, 0.6) is 0 Å². The Balaban J connectivity index is 2.50. The van der Waals surface area contributed by atoms with Crippen LogP contribution in [-0.4, -0.2) is 30.9 Å². The first kappa shape index (κ1) is 17.7. The highest BCUT2D eigenvalue weighted by Crippen LogP contribution is 2.39. The first-order valence-corrected chi connectivity index (χ1v) is 7.87. The van der Waals surface area contributed by atoms with E-state index in [0.29, 0.717) is 25.9 Å². The van der Waals surface area contributed by atoms with Gasteiger partial charge in [0.1, 0.15) is 11.2 Å². The number of hydrogen-bond acceptors (Lipinski definition) is 5. The number of carbonyl (C=O) groups excluding carboxylic acids is 3. The molecule has 0 amide bonds. The van der Waals surface area contributed by atoms with Gasteiger partial charge >= 0.3 is 11.9 Å². The van der Waals surface area contributed by atoms with Gasteiger partial charge in [-0.1, -0.05) is 26.2 Å². The third kappa shape index (κ3) is 5.14. The molecule has 0 heterocycles. The second-order valence-electron chi connectivity index (χ2n) is 5.65. The maximum Gasteiger partial charge on any atom is 0.319 e. The first-order chi connectivity index (χ1) is 10.0. The average Bonchev–Trinajstić information content (AvgIpc) is 2.80. The molecule has 0 aromatic rings. The average molecular weight is 298 g/mol. The number of ether oxygens (including phenoxy) is 2. The normalized spacial score (nSPS) is 21.3. The van der Waals surface area contributed by atoms with Gasteiger partial charge in [-0.2, -0.15) is 0 Å². The fraction of sp³-hybridized carbons (Fsp3) is 0.812. The minimum absolute atomic E-state index is 0.0757. The molecular weight excluding hydrogens is 272 g/mol. The largest absolute Gasteiger partial charge is 0.466 e. The minimum Gasteiger partial charge on any atom is -0.466 e. The van der Waals surface area contributed by atoms with Crippen molar-refractivity contribution in [3.8, 4) is 0 Å². The molecule has 0 aliphatic heterocycles. The van der Waals surface area contributed by atoms with Crippen molar-refractivity contribution in [2.45, 2.75) is 65.2 Å². The smallest absolute Gasteiger partial charge is 0.319 e. The molecule has 0 aromatic heterocycles. The predicted molar refractivity (Wildman–Crippen MR) is 77.6 cm³/mol. The summed E-state index contributed by atoms with van der Waals surface area (Å²) in [6.07, 6.45) is 5.94. The molecule has 1 fully saturated rings. The van der Waals surface area contributed by atoms with Gasteiger partial charge in [-0.25, -0.2) is 0 Å². The van der Waals surface area contributed by atoms with E-state index < -0.39 is 17.4 Å². The molecule has 0 radical (unpaired) electrons. The molecule has 1 aliphatic rings. The monoisotopic (exact) mass is 298 g/mol. The number of unbranched alkanes of at least 4 members (excludes halogenated alkanes) is 3. The van der Waals surface area contributed by atoms with E-state index in [9.17, 15) is 14.4 Å². The molecule has 1 aliphatic carbocycles. The zero-order valence-electron chi connectivity index (χ0n) is 13.1. The SMILES string of the molecule is CCCCCCOC(=O)C1(CCOC(C)=O)CCCC1=O. The van der Waals surface area contributed by atoms with Gasteiger partial charge in [0.05, 0.1) is 13.2 Å². The molecule has 0 N–H and O–H groups in total. The molecule has 21 heavy (non-hydrogen) atoms. The Bertz CT molecular complexity index is 377. The van der Waals surface area contributed by atoms with Crippen LogP contribution < -0.4 is 0 Å². The summed E-state index contributed by atoms with van der Waals surface area (Å²) in [5.74, 6) is -0.912. The van der Waals surface area contributed by atoms with Crippen molar-refractivity contribution in [2.75, 3.05) is 13.2 Å².